The Morgan fingerprint density at radius 3 is 2.50 bits per heavy atom. The quantitative estimate of drug-likeness (QED) is 0.698. The van der Waals surface area contributed by atoms with Crippen molar-refractivity contribution in [2.45, 2.75) is 26.2 Å². The normalized spacial score (nSPS) is 11.5. The van der Waals surface area contributed by atoms with E-state index in [9.17, 15) is 4.39 Å². The fourth-order valence-corrected chi connectivity index (χ4v) is 2.06. The highest BCUT2D eigenvalue weighted by atomic mass is 79.9. The minimum atomic E-state index is -0.347. The lowest BCUT2D eigenvalue weighted by molar-refractivity contribution is 0.442. The van der Waals surface area contributed by atoms with E-state index in [-0.39, 0.29) is 11.2 Å². The standard InChI is InChI=1S/C14H13BrClFN2O/c1-14(2,3)13-18-11(16)7-12(19-13)20-10-5-4-8(17)6-9(10)15/h4-7H,1-3H3. The molecule has 0 unspecified atom stereocenters. The van der Waals surface area contributed by atoms with E-state index < -0.39 is 0 Å². The number of aromatic nitrogens is 2. The zero-order chi connectivity index (χ0) is 14.9. The molecule has 1 aromatic heterocycles. The summed E-state index contributed by atoms with van der Waals surface area (Å²) >= 11 is 9.22. The molecule has 0 saturated heterocycles. The molecule has 0 fully saturated rings. The first-order valence-corrected chi connectivity index (χ1v) is 7.11. The lowest BCUT2D eigenvalue weighted by atomic mass is 9.96. The summed E-state index contributed by atoms with van der Waals surface area (Å²) < 4.78 is 19.2. The van der Waals surface area contributed by atoms with Gasteiger partial charge in [0.15, 0.2) is 0 Å². The number of ether oxygens (including phenoxy) is 1. The summed E-state index contributed by atoms with van der Waals surface area (Å²) in [5, 5.41) is 0.304. The summed E-state index contributed by atoms with van der Waals surface area (Å²) in [6.45, 7) is 5.95. The van der Waals surface area contributed by atoms with Crippen LogP contribution >= 0.6 is 27.5 Å². The first kappa shape index (κ1) is 15.2. The summed E-state index contributed by atoms with van der Waals surface area (Å²) in [4.78, 5) is 8.52. The Kier molecular flexibility index (Phi) is 4.30. The smallest absolute Gasteiger partial charge is 0.224 e. The van der Waals surface area contributed by atoms with E-state index in [1.165, 1.54) is 24.3 Å². The molecule has 2 rings (SSSR count). The molecule has 106 valence electrons. The number of hydrogen-bond acceptors (Lipinski definition) is 3. The van der Waals surface area contributed by atoms with E-state index >= 15 is 0 Å². The van der Waals surface area contributed by atoms with E-state index in [1.807, 2.05) is 20.8 Å². The molecule has 0 radical (unpaired) electrons. The van der Waals surface area contributed by atoms with Crippen LogP contribution in [0.4, 0.5) is 4.39 Å². The molecule has 0 amide bonds. The number of halogens is 3. The van der Waals surface area contributed by atoms with E-state index in [0.29, 0.717) is 27.1 Å². The van der Waals surface area contributed by atoms with Crippen molar-refractivity contribution in [1.29, 1.82) is 0 Å². The molecule has 3 nitrogen and oxygen atoms in total. The van der Waals surface area contributed by atoms with Crippen LogP contribution in [0.1, 0.15) is 26.6 Å². The van der Waals surface area contributed by atoms with Crippen LogP contribution in [-0.4, -0.2) is 9.97 Å². The maximum absolute atomic E-state index is 13.0. The predicted molar refractivity (Wildman–Crippen MR) is 79.9 cm³/mol. The van der Waals surface area contributed by atoms with E-state index in [1.54, 1.807) is 0 Å². The lowest BCUT2D eigenvalue weighted by Crippen LogP contribution is -2.16. The second-order valence-corrected chi connectivity index (χ2v) is 6.52. The van der Waals surface area contributed by atoms with Crippen LogP contribution in [0.25, 0.3) is 0 Å². The van der Waals surface area contributed by atoms with Crippen LogP contribution in [0.3, 0.4) is 0 Å². The van der Waals surface area contributed by atoms with Gasteiger partial charge in [0.2, 0.25) is 5.88 Å². The van der Waals surface area contributed by atoms with Crippen molar-refractivity contribution < 1.29 is 9.13 Å². The molecule has 0 spiro atoms. The third-order valence-corrected chi connectivity index (χ3v) is 3.26. The number of nitrogens with zero attached hydrogens (tertiary/aromatic N) is 2. The first-order valence-electron chi connectivity index (χ1n) is 5.94. The monoisotopic (exact) mass is 358 g/mol. The van der Waals surface area contributed by atoms with Gasteiger partial charge in [-0.05, 0) is 34.1 Å². The lowest BCUT2D eigenvalue weighted by Gasteiger charge is -2.17. The Morgan fingerprint density at radius 1 is 1.20 bits per heavy atom. The molecular weight excluding hydrogens is 347 g/mol. The van der Waals surface area contributed by atoms with Crippen LogP contribution in [-0.2, 0) is 5.41 Å². The molecule has 0 aliphatic rings. The van der Waals surface area contributed by atoms with Gasteiger partial charge in [0.25, 0.3) is 0 Å². The Morgan fingerprint density at radius 2 is 1.90 bits per heavy atom. The Labute approximate surface area is 130 Å². The molecule has 1 heterocycles. The van der Waals surface area contributed by atoms with Crippen LogP contribution in [0, 0.1) is 5.82 Å². The average molecular weight is 360 g/mol. The van der Waals surface area contributed by atoms with Gasteiger partial charge in [0.1, 0.15) is 22.5 Å². The summed E-state index contributed by atoms with van der Waals surface area (Å²) in [5.41, 5.74) is -0.247. The zero-order valence-electron chi connectivity index (χ0n) is 11.2. The van der Waals surface area contributed by atoms with Crippen LogP contribution in [0.2, 0.25) is 5.15 Å². The van der Waals surface area contributed by atoms with Gasteiger partial charge < -0.3 is 4.74 Å². The van der Waals surface area contributed by atoms with Crippen molar-refractivity contribution in [3.05, 3.63) is 45.5 Å². The topological polar surface area (TPSA) is 35.0 Å². The molecule has 20 heavy (non-hydrogen) atoms. The first-order chi connectivity index (χ1) is 9.25. The third kappa shape index (κ3) is 3.67. The van der Waals surface area contributed by atoms with Crippen LogP contribution in [0.15, 0.2) is 28.7 Å². The zero-order valence-corrected chi connectivity index (χ0v) is 13.6. The van der Waals surface area contributed by atoms with Crippen molar-refractivity contribution in [3.63, 3.8) is 0 Å². The minimum Gasteiger partial charge on any atom is -0.438 e. The van der Waals surface area contributed by atoms with Gasteiger partial charge in [0.05, 0.1) is 4.47 Å². The average Bonchev–Trinajstić information content (AvgIpc) is 2.31. The van der Waals surface area contributed by atoms with Gasteiger partial charge in [-0.3, -0.25) is 0 Å². The summed E-state index contributed by atoms with van der Waals surface area (Å²) in [6.07, 6.45) is 0. The molecule has 2 aromatic rings. The summed E-state index contributed by atoms with van der Waals surface area (Å²) in [7, 11) is 0. The fraction of sp³-hybridized carbons (Fsp3) is 0.286. The third-order valence-electron chi connectivity index (χ3n) is 2.45. The maximum Gasteiger partial charge on any atom is 0.224 e. The van der Waals surface area contributed by atoms with Crippen molar-refractivity contribution in [2.75, 3.05) is 0 Å². The van der Waals surface area contributed by atoms with E-state index in [0.717, 1.165) is 0 Å². The maximum atomic E-state index is 13.0. The summed E-state index contributed by atoms with van der Waals surface area (Å²) in [6, 6.07) is 5.68. The van der Waals surface area contributed by atoms with Crippen molar-refractivity contribution in [3.8, 4) is 11.6 Å². The summed E-state index contributed by atoms with van der Waals surface area (Å²) in [5.74, 6) is 1.02. The van der Waals surface area contributed by atoms with Gasteiger partial charge in [-0.1, -0.05) is 32.4 Å². The molecule has 0 saturated carbocycles. The largest absolute Gasteiger partial charge is 0.438 e. The number of hydrogen-bond donors (Lipinski definition) is 0. The molecule has 6 heteroatoms. The van der Waals surface area contributed by atoms with Crippen LogP contribution < -0.4 is 4.74 Å². The Balaban J connectivity index is 2.36. The fourth-order valence-electron chi connectivity index (χ4n) is 1.46. The van der Waals surface area contributed by atoms with Crippen molar-refractivity contribution in [2.24, 2.45) is 0 Å². The minimum absolute atomic E-state index is 0.247. The van der Waals surface area contributed by atoms with Gasteiger partial charge in [-0.25, -0.2) is 9.37 Å². The van der Waals surface area contributed by atoms with Gasteiger partial charge in [0, 0.05) is 11.5 Å². The highest BCUT2D eigenvalue weighted by molar-refractivity contribution is 9.10. The van der Waals surface area contributed by atoms with Gasteiger partial charge >= 0.3 is 0 Å². The molecule has 0 bridgehead atoms. The second kappa shape index (κ2) is 5.66. The molecular formula is C14H13BrClFN2O. The van der Waals surface area contributed by atoms with E-state index in [2.05, 4.69) is 25.9 Å². The van der Waals surface area contributed by atoms with Crippen LogP contribution in [0.5, 0.6) is 11.6 Å². The van der Waals surface area contributed by atoms with Gasteiger partial charge in [-0.15, -0.1) is 0 Å². The van der Waals surface area contributed by atoms with Crippen molar-refractivity contribution in [1.82, 2.24) is 9.97 Å². The molecule has 1 aromatic carbocycles. The Hall–Kier alpha value is -1.20. The predicted octanol–water partition coefficient (Wildman–Crippen LogP) is 5.12. The number of benzene rings is 1. The van der Waals surface area contributed by atoms with E-state index in [4.69, 9.17) is 16.3 Å². The van der Waals surface area contributed by atoms with Gasteiger partial charge in [-0.2, -0.15) is 4.98 Å². The van der Waals surface area contributed by atoms with Crippen molar-refractivity contribution >= 4 is 27.5 Å². The molecule has 0 aliphatic carbocycles. The second-order valence-electron chi connectivity index (χ2n) is 5.28. The Bertz CT molecular complexity index is 644. The molecule has 0 atom stereocenters. The number of rotatable bonds is 2. The highest BCUT2D eigenvalue weighted by Crippen LogP contribution is 2.31. The molecule has 0 N–H and O–H groups in total. The highest BCUT2D eigenvalue weighted by Gasteiger charge is 2.19. The SMILES string of the molecule is CC(C)(C)c1nc(Cl)cc(Oc2ccc(F)cc2Br)n1. The molecule has 0 aliphatic heterocycles.